The largest absolute Gasteiger partial charge is 0.338 e. The molecule has 3 nitrogen and oxygen atoms in total. The fraction of sp³-hybridized carbons (Fsp3) is 0.409. The third-order valence-corrected chi connectivity index (χ3v) is 6.08. The van der Waals surface area contributed by atoms with Gasteiger partial charge in [0.1, 0.15) is 11.6 Å². The van der Waals surface area contributed by atoms with E-state index in [9.17, 15) is 13.6 Å². The maximum Gasteiger partial charge on any atom is 0.232 e. The van der Waals surface area contributed by atoms with E-state index in [0.29, 0.717) is 13.1 Å². The van der Waals surface area contributed by atoms with Gasteiger partial charge < -0.3 is 10.6 Å². The molecule has 0 bridgehead atoms. The van der Waals surface area contributed by atoms with Crippen LogP contribution < -0.4 is 5.73 Å². The first-order valence-corrected chi connectivity index (χ1v) is 10.4. The Morgan fingerprint density at radius 2 is 1.79 bits per heavy atom. The third-order valence-electron chi connectivity index (χ3n) is 6.08. The van der Waals surface area contributed by atoms with Crippen molar-refractivity contribution in [3.63, 3.8) is 0 Å². The molecule has 29 heavy (non-hydrogen) atoms. The van der Waals surface area contributed by atoms with E-state index in [0.717, 1.165) is 18.6 Å². The Balaban J connectivity index is 0.00000117. The molecule has 1 saturated heterocycles. The minimum atomic E-state index is -1.97. The number of halogens is 3. The second kappa shape index (κ2) is 8.03. The molecule has 4 rings (SSSR count). The van der Waals surface area contributed by atoms with Gasteiger partial charge in [-0.05, 0) is 42.9 Å². The Morgan fingerprint density at radius 1 is 1.17 bits per heavy atom. The van der Waals surface area contributed by atoms with Crippen molar-refractivity contribution in [1.29, 1.82) is 0 Å². The highest BCUT2D eigenvalue weighted by molar-refractivity contribution is 7.79. The number of nitrogens with two attached hydrogens (primary N) is 1. The molecule has 2 N–H and O–H groups in total. The van der Waals surface area contributed by atoms with E-state index in [-0.39, 0.29) is 35.1 Å². The summed E-state index contributed by atoms with van der Waals surface area (Å²) in [5, 5.41) is 0. The van der Waals surface area contributed by atoms with Crippen LogP contribution in [0.25, 0.3) is 11.1 Å². The number of carbonyl (C=O) groups excluding carboxylic acids is 1. The lowest BCUT2D eigenvalue weighted by atomic mass is 9.89. The van der Waals surface area contributed by atoms with Crippen LogP contribution in [0.1, 0.15) is 25.3 Å². The molecule has 1 saturated carbocycles. The summed E-state index contributed by atoms with van der Waals surface area (Å²) in [6.45, 7) is 2.49. The standard InChI is InChI=1S/C21H21F3N2O.CH4S/c1-20(19(27)26-10-9-13(26)11-25)12-21(20,24)15-6-3-2-5-14(15)18-16(22)7-4-8-17(18)23;1-2/h2-8,13H,9-12,25H2,1H3;2H,1H3/t13-,20?,21?;/m0./s1. The summed E-state index contributed by atoms with van der Waals surface area (Å²) in [5.41, 5.74) is 2.47. The second-order valence-electron chi connectivity index (χ2n) is 7.63. The van der Waals surface area contributed by atoms with Crippen LogP contribution in [-0.4, -0.2) is 36.2 Å². The number of likely N-dealkylation sites (tertiary alicyclic amines) is 1. The zero-order chi connectivity index (χ0) is 21.4. The van der Waals surface area contributed by atoms with E-state index in [1.54, 1.807) is 30.2 Å². The summed E-state index contributed by atoms with van der Waals surface area (Å²) in [6, 6.07) is 9.72. The van der Waals surface area contributed by atoms with Gasteiger partial charge in [-0.25, -0.2) is 13.2 Å². The minimum absolute atomic E-state index is 0.0142. The molecule has 2 unspecified atom stereocenters. The maximum absolute atomic E-state index is 16.0. The van der Waals surface area contributed by atoms with Gasteiger partial charge in [0.15, 0.2) is 5.67 Å². The molecule has 0 aromatic heterocycles. The smallest absolute Gasteiger partial charge is 0.232 e. The van der Waals surface area contributed by atoms with E-state index in [1.807, 2.05) is 0 Å². The highest BCUT2D eigenvalue weighted by atomic mass is 32.1. The van der Waals surface area contributed by atoms with E-state index in [4.69, 9.17) is 5.73 Å². The number of carbonyl (C=O) groups is 1. The molecule has 2 aromatic rings. The molecule has 2 fully saturated rings. The lowest BCUT2D eigenvalue weighted by molar-refractivity contribution is -0.145. The van der Waals surface area contributed by atoms with Crippen molar-refractivity contribution < 1.29 is 18.0 Å². The molecule has 1 aliphatic carbocycles. The molecular weight excluding hydrogens is 397 g/mol. The molecule has 2 aliphatic rings. The van der Waals surface area contributed by atoms with Crippen LogP contribution in [0.4, 0.5) is 13.2 Å². The van der Waals surface area contributed by atoms with Crippen LogP contribution in [0.3, 0.4) is 0 Å². The van der Waals surface area contributed by atoms with Crippen LogP contribution in [0.15, 0.2) is 42.5 Å². The third kappa shape index (κ3) is 3.34. The van der Waals surface area contributed by atoms with Gasteiger partial charge >= 0.3 is 0 Å². The van der Waals surface area contributed by atoms with Gasteiger partial charge in [-0.2, -0.15) is 12.6 Å². The highest BCUT2D eigenvalue weighted by Gasteiger charge is 2.73. The lowest BCUT2D eigenvalue weighted by Crippen LogP contribution is -2.57. The van der Waals surface area contributed by atoms with Crippen molar-refractivity contribution in [3.8, 4) is 11.1 Å². The Hall–Kier alpha value is -1.99. The number of amides is 1. The topological polar surface area (TPSA) is 46.3 Å². The fourth-order valence-corrected chi connectivity index (χ4v) is 4.15. The van der Waals surface area contributed by atoms with Gasteiger partial charge in [0, 0.05) is 25.6 Å². The van der Waals surface area contributed by atoms with E-state index in [2.05, 4.69) is 12.6 Å². The predicted octanol–water partition coefficient (Wildman–Crippen LogP) is 4.31. The second-order valence-corrected chi connectivity index (χ2v) is 7.63. The van der Waals surface area contributed by atoms with E-state index < -0.39 is 22.7 Å². The van der Waals surface area contributed by atoms with Crippen LogP contribution in [-0.2, 0) is 10.5 Å². The summed E-state index contributed by atoms with van der Waals surface area (Å²) in [5.74, 6) is -1.80. The quantitative estimate of drug-likeness (QED) is 0.722. The van der Waals surface area contributed by atoms with Gasteiger partial charge in [-0.3, -0.25) is 4.79 Å². The Kier molecular flexibility index (Phi) is 6.01. The van der Waals surface area contributed by atoms with Crippen LogP contribution >= 0.6 is 12.6 Å². The number of rotatable bonds is 4. The first-order chi connectivity index (χ1) is 13.8. The fourth-order valence-electron chi connectivity index (χ4n) is 4.15. The molecular formula is C22H25F3N2OS. The van der Waals surface area contributed by atoms with Crippen molar-refractivity contribution in [3.05, 3.63) is 59.7 Å². The van der Waals surface area contributed by atoms with Crippen molar-refractivity contribution in [2.75, 3.05) is 19.3 Å². The molecule has 1 amide bonds. The summed E-state index contributed by atoms with van der Waals surface area (Å²) >= 11 is 3.53. The van der Waals surface area contributed by atoms with Crippen LogP contribution in [0.2, 0.25) is 0 Å². The molecule has 1 aliphatic heterocycles. The first kappa shape index (κ1) is 21.7. The average Bonchev–Trinajstić information content (AvgIpc) is 3.27. The molecule has 7 heteroatoms. The van der Waals surface area contributed by atoms with Crippen LogP contribution in [0, 0.1) is 17.0 Å². The number of alkyl halides is 1. The Labute approximate surface area is 174 Å². The maximum atomic E-state index is 16.0. The first-order valence-electron chi connectivity index (χ1n) is 9.52. The number of thiol groups is 1. The predicted molar refractivity (Wildman–Crippen MR) is 111 cm³/mol. The van der Waals surface area contributed by atoms with Crippen molar-refractivity contribution in [2.24, 2.45) is 11.1 Å². The minimum Gasteiger partial charge on any atom is -0.338 e. The zero-order valence-corrected chi connectivity index (χ0v) is 17.4. The van der Waals surface area contributed by atoms with Gasteiger partial charge in [0.2, 0.25) is 5.91 Å². The van der Waals surface area contributed by atoms with Crippen molar-refractivity contribution >= 4 is 18.5 Å². The molecule has 3 atom stereocenters. The van der Waals surface area contributed by atoms with Gasteiger partial charge in [-0.15, -0.1) is 0 Å². The van der Waals surface area contributed by atoms with Crippen LogP contribution in [0.5, 0.6) is 0 Å². The summed E-state index contributed by atoms with van der Waals surface area (Å²) in [6.07, 6.45) is 2.49. The monoisotopic (exact) mass is 422 g/mol. The average molecular weight is 423 g/mol. The van der Waals surface area contributed by atoms with E-state index in [1.165, 1.54) is 18.2 Å². The normalized spacial score (nSPS) is 27.6. The van der Waals surface area contributed by atoms with Crippen molar-refractivity contribution in [2.45, 2.75) is 31.5 Å². The Morgan fingerprint density at radius 3 is 2.34 bits per heavy atom. The molecule has 1 heterocycles. The molecule has 2 aromatic carbocycles. The zero-order valence-electron chi connectivity index (χ0n) is 16.5. The molecule has 156 valence electrons. The molecule has 0 radical (unpaired) electrons. The van der Waals surface area contributed by atoms with Gasteiger partial charge in [0.05, 0.1) is 11.0 Å². The van der Waals surface area contributed by atoms with Crippen molar-refractivity contribution in [1.82, 2.24) is 4.90 Å². The summed E-state index contributed by atoms with van der Waals surface area (Å²) in [7, 11) is 0. The number of nitrogens with zero attached hydrogens (tertiary/aromatic N) is 1. The number of hydrogen-bond acceptors (Lipinski definition) is 3. The summed E-state index contributed by atoms with van der Waals surface area (Å²) in [4.78, 5) is 14.6. The SMILES string of the molecule is CC1(C(=O)N2CC[C@H]2CN)CC1(F)c1ccccc1-c1c(F)cccc1F.CS. The summed E-state index contributed by atoms with van der Waals surface area (Å²) < 4.78 is 44.6. The number of benzene rings is 2. The van der Waals surface area contributed by atoms with Gasteiger partial charge in [-0.1, -0.05) is 30.3 Å². The van der Waals surface area contributed by atoms with Gasteiger partial charge in [0.25, 0.3) is 0 Å². The lowest BCUT2D eigenvalue weighted by Gasteiger charge is -2.42. The highest BCUT2D eigenvalue weighted by Crippen LogP contribution is 2.68. The Bertz CT molecular complexity index is 902. The number of hydrogen-bond donors (Lipinski definition) is 2. The van der Waals surface area contributed by atoms with E-state index >= 15 is 4.39 Å². The molecule has 0 spiro atoms.